The molecule has 8 heteroatoms. The fourth-order valence-corrected chi connectivity index (χ4v) is 4.01. The summed E-state index contributed by atoms with van der Waals surface area (Å²) in [6.45, 7) is 0. The number of halogens is 1. The van der Waals surface area contributed by atoms with Crippen molar-refractivity contribution in [2.75, 3.05) is 0 Å². The molecule has 1 fully saturated rings. The Bertz CT molecular complexity index is 996. The number of hydrogen-bond acceptors (Lipinski definition) is 4. The van der Waals surface area contributed by atoms with Gasteiger partial charge >= 0.3 is 0 Å². The molecule has 1 amide bonds. The number of sulfonamides is 1. The molecule has 0 aromatic heterocycles. The number of rotatable bonds is 8. The molecule has 6 nitrogen and oxygen atoms in total. The highest BCUT2D eigenvalue weighted by Crippen LogP contribution is 2.22. The molecule has 1 atom stereocenters. The zero-order valence-electron chi connectivity index (χ0n) is 15.1. The molecule has 2 aromatic rings. The van der Waals surface area contributed by atoms with Crippen LogP contribution in [0.25, 0.3) is 0 Å². The summed E-state index contributed by atoms with van der Waals surface area (Å²) in [5, 5.41) is 11.7. The Morgan fingerprint density at radius 3 is 2.46 bits per heavy atom. The monoisotopic (exact) mass is 401 g/mol. The van der Waals surface area contributed by atoms with Crippen LogP contribution in [0, 0.1) is 17.1 Å². The number of benzene rings is 2. The van der Waals surface area contributed by atoms with Crippen LogP contribution in [0.15, 0.2) is 53.4 Å². The number of carbonyl (C=O) groups excluding carboxylic acids is 1. The van der Waals surface area contributed by atoms with Crippen LogP contribution in [0.4, 0.5) is 4.39 Å². The molecule has 2 N–H and O–H groups in total. The van der Waals surface area contributed by atoms with Crippen LogP contribution in [-0.4, -0.2) is 20.4 Å². The average molecular weight is 401 g/mol. The molecule has 0 spiro atoms. The first kappa shape index (κ1) is 20.0. The lowest BCUT2D eigenvalue weighted by molar-refractivity contribution is -0.121. The van der Waals surface area contributed by atoms with Gasteiger partial charge in [0.05, 0.1) is 11.0 Å². The van der Waals surface area contributed by atoms with Gasteiger partial charge in [0.25, 0.3) is 0 Å². The van der Waals surface area contributed by atoms with Crippen molar-refractivity contribution in [2.24, 2.45) is 0 Å². The van der Waals surface area contributed by atoms with Crippen molar-refractivity contribution in [3.05, 3.63) is 65.5 Å². The number of nitriles is 1. The van der Waals surface area contributed by atoms with Crippen molar-refractivity contribution in [2.45, 2.75) is 42.7 Å². The highest BCUT2D eigenvalue weighted by atomic mass is 32.2. The summed E-state index contributed by atoms with van der Waals surface area (Å²) < 4.78 is 40.7. The molecule has 0 heterocycles. The van der Waals surface area contributed by atoms with Gasteiger partial charge in [0, 0.05) is 18.0 Å². The smallest absolute Gasteiger partial charge is 0.240 e. The predicted molar refractivity (Wildman–Crippen MR) is 101 cm³/mol. The van der Waals surface area contributed by atoms with Gasteiger partial charge in [-0.2, -0.15) is 5.26 Å². The molecule has 3 rings (SSSR count). The lowest BCUT2D eigenvalue weighted by Gasteiger charge is -2.13. The fourth-order valence-electron chi connectivity index (χ4n) is 2.70. The Balaban J connectivity index is 1.55. The molecule has 1 aliphatic rings. The third-order valence-electron chi connectivity index (χ3n) is 4.42. The largest absolute Gasteiger partial charge is 0.337 e. The van der Waals surface area contributed by atoms with Crippen molar-refractivity contribution in [3.8, 4) is 6.07 Å². The van der Waals surface area contributed by atoms with E-state index in [1.807, 2.05) is 6.07 Å². The minimum absolute atomic E-state index is 0.0379. The van der Waals surface area contributed by atoms with Gasteiger partial charge in [0.2, 0.25) is 15.9 Å². The van der Waals surface area contributed by atoms with Crippen molar-refractivity contribution in [1.82, 2.24) is 10.0 Å². The summed E-state index contributed by atoms with van der Waals surface area (Å²) in [5.41, 5.74) is 0.913. The molecular weight excluding hydrogens is 381 g/mol. The third-order valence-corrected chi connectivity index (χ3v) is 5.96. The van der Waals surface area contributed by atoms with Gasteiger partial charge in [-0.05, 0) is 43.0 Å². The first-order valence-corrected chi connectivity index (χ1v) is 10.4. The molecule has 0 bridgehead atoms. The standard InChI is InChI=1S/C20H20FN3O3S/c21-18-4-2-1-3-17(18)19(13-22)23-20(25)12-7-14-5-10-16(11-6-14)28(26,27)24-15-8-9-15/h1-6,10-11,15,19,24H,7-9,12H2,(H,23,25). The van der Waals surface area contributed by atoms with Crippen LogP contribution < -0.4 is 10.0 Å². The maximum atomic E-state index is 13.8. The fraction of sp³-hybridized carbons (Fsp3) is 0.300. The van der Waals surface area contributed by atoms with E-state index in [1.54, 1.807) is 18.2 Å². The van der Waals surface area contributed by atoms with E-state index < -0.39 is 21.9 Å². The highest BCUT2D eigenvalue weighted by molar-refractivity contribution is 7.89. The van der Waals surface area contributed by atoms with E-state index in [0.717, 1.165) is 18.4 Å². The second-order valence-electron chi connectivity index (χ2n) is 6.69. The van der Waals surface area contributed by atoms with Gasteiger partial charge in [-0.3, -0.25) is 4.79 Å². The van der Waals surface area contributed by atoms with Gasteiger partial charge in [0.15, 0.2) is 0 Å². The minimum Gasteiger partial charge on any atom is -0.337 e. The van der Waals surface area contributed by atoms with E-state index in [1.165, 1.54) is 30.3 Å². The Morgan fingerprint density at radius 2 is 1.86 bits per heavy atom. The third kappa shape index (κ3) is 5.15. The lowest BCUT2D eigenvalue weighted by Crippen LogP contribution is -2.28. The normalized spacial score (nSPS) is 14.9. The van der Waals surface area contributed by atoms with Crippen LogP contribution in [-0.2, 0) is 21.2 Å². The molecule has 1 saturated carbocycles. The van der Waals surface area contributed by atoms with Crippen LogP contribution in [0.5, 0.6) is 0 Å². The van der Waals surface area contributed by atoms with Gasteiger partial charge in [-0.15, -0.1) is 0 Å². The SMILES string of the molecule is N#CC(NC(=O)CCc1ccc(S(=O)(=O)NC2CC2)cc1)c1ccccc1F. The molecule has 146 valence electrons. The first-order valence-electron chi connectivity index (χ1n) is 8.94. The van der Waals surface area contributed by atoms with E-state index in [0.29, 0.717) is 6.42 Å². The van der Waals surface area contributed by atoms with Crippen molar-refractivity contribution >= 4 is 15.9 Å². The van der Waals surface area contributed by atoms with Crippen LogP contribution >= 0.6 is 0 Å². The second-order valence-corrected chi connectivity index (χ2v) is 8.40. The zero-order chi connectivity index (χ0) is 20.1. The summed E-state index contributed by atoms with van der Waals surface area (Å²) >= 11 is 0. The molecule has 0 aliphatic heterocycles. The van der Waals surface area contributed by atoms with E-state index in [4.69, 9.17) is 0 Å². The highest BCUT2D eigenvalue weighted by Gasteiger charge is 2.27. The van der Waals surface area contributed by atoms with Gasteiger partial charge in [-0.25, -0.2) is 17.5 Å². The summed E-state index contributed by atoms with van der Waals surface area (Å²) in [7, 11) is -3.50. The summed E-state index contributed by atoms with van der Waals surface area (Å²) in [6, 6.07) is 13.0. The van der Waals surface area contributed by atoms with Gasteiger partial charge < -0.3 is 5.32 Å². The molecule has 0 saturated heterocycles. The number of nitrogens with one attached hydrogen (secondary N) is 2. The maximum Gasteiger partial charge on any atom is 0.240 e. The van der Waals surface area contributed by atoms with Crippen molar-refractivity contribution < 1.29 is 17.6 Å². The van der Waals surface area contributed by atoms with Crippen molar-refractivity contribution in [3.63, 3.8) is 0 Å². The topological polar surface area (TPSA) is 99.1 Å². The molecule has 2 aromatic carbocycles. The predicted octanol–water partition coefficient (Wildman–Crippen LogP) is 2.58. The lowest BCUT2D eigenvalue weighted by atomic mass is 10.1. The molecule has 1 aliphatic carbocycles. The summed E-state index contributed by atoms with van der Waals surface area (Å²) in [4.78, 5) is 12.3. The second kappa shape index (κ2) is 8.50. The van der Waals surface area contributed by atoms with Gasteiger partial charge in [-0.1, -0.05) is 30.3 Å². The Labute approximate surface area is 163 Å². The zero-order valence-corrected chi connectivity index (χ0v) is 15.9. The van der Waals surface area contributed by atoms with E-state index in [9.17, 15) is 22.9 Å². The maximum absolute atomic E-state index is 13.8. The van der Waals surface area contributed by atoms with E-state index >= 15 is 0 Å². The Kier molecular flexibility index (Phi) is 6.07. The van der Waals surface area contributed by atoms with Crippen LogP contribution in [0.3, 0.4) is 0 Å². The number of hydrogen-bond donors (Lipinski definition) is 2. The average Bonchev–Trinajstić information content (AvgIpc) is 3.49. The quantitative estimate of drug-likeness (QED) is 0.710. The number of carbonyl (C=O) groups is 1. The van der Waals surface area contributed by atoms with Crippen LogP contribution in [0.1, 0.15) is 36.4 Å². The summed E-state index contributed by atoms with van der Waals surface area (Å²) in [5.74, 6) is -0.937. The number of nitrogens with zero attached hydrogens (tertiary/aromatic N) is 1. The van der Waals surface area contributed by atoms with Gasteiger partial charge in [0.1, 0.15) is 11.9 Å². The molecule has 1 unspecified atom stereocenters. The van der Waals surface area contributed by atoms with E-state index in [-0.39, 0.29) is 28.8 Å². The first-order chi connectivity index (χ1) is 13.4. The summed E-state index contributed by atoms with van der Waals surface area (Å²) in [6.07, 6.45) is 2.20. The Hall–Kier alpha value is -2.76. The molecule has 0 radical (unpaired) electrons. The van der Waals surface area contributed by atoms with E-state index in [2.05, 4.69) is 10.0 Å². The number of aryl methyl sites for hydroxylation is 1. The number of amides is 1. The molecular formula is C20H20FN3O3S. The van der Waals surface area contributed by atoms with Crippen molar-refractivity contribution in [1.29, 1.82) is 5.26 Å². The molecule has 28 heavy (non-hydrogen) atoms. The van der Waals surface area contributed by atoms with Crippen LogP contribution in [0.2, 0.25) is 0 Å². The minimum atomic E-state index is -3.50. The Morgan fingerprint density at radius 1 is 1.18 bits per heavy atom.